The number of urea groups is 1. The Labute approximate surface area is 162 Å². The molecule has 1 aromatic carbocycles. The quantitative estimate of drug-likeness (QED) is 0.767. The van der Waals surface area contributed by atoms with Crippen molar-refractivity contribution in [2.24, 2.45) is 5.92 Å². The summed E-state index contributed by atoms with van der Waals surface area (Å²) in [5.41, 5.74) is -0.196. The SMILES string of the molecule is O=C1NC(Cc2ccccc2F)(C2CCNCC2)C(=O)N1Cc1cnccn1. The number of halogens is 1. The lowest BCUT2D eigenvalue weighted by Gasteiger charge is -2.38. The van der Waals surface area contributed by atoms with E-state index in [1.165, 1.54) is 29.6 Å². The van der Waals surface area contributed by atoms with Crippen LogP contribution < -0.4 is 10.6 Å². The molecule has 2 N–H and O–H groups in total. The molecule has 0 saturated carbocycles. The fourth-order valence-corrected chi connectivity index (χ4v) is 4.16. The van der Waals surface area contributed by atoms with E-state index in [-0.39, 0.29) is 30.6 Å². The first-order valence-corrected chi connectivity index (χ1v) is 9.43. The summed E-state index contributed by atoms with van der Waals surface area (Å²) in [5, 5.41) is 6.21. The Morgan fingerprint density at radius 2 is 1.96 bits per heavy atom. The average molecular weight is 383 g/mol. The van der Waals surface area contributed by atoms with Gasteiger partial charge in [-0.2, -0.15) is 0 Å². The average Bonchev–Trinajstić information content (AvgIpc) is 2.96. The van der Waals surface area contributed by atoms with Gasteiger partial charge < -0.3 is 10.6 Å². The minimum Gasteiger partial charge on any atom is -0.322 e. The molecule has 3 heterocycles. The molecule has 3 amide bonds. The normalized spacial score (nSPS) is 23.1. The van der Waals surface area contributed by atoms with Crippen molar-refractivity contribution in [3.8, 4) is 0 Å². The highest BCUT2D eigenvalue weighted by molar-refractivity contribution is 6.07. The van der Waals surface area contributed by atoms with Gasteiger partial charge >= 0.3 is 6.03 Å². The fraction of sp³-hybridized carbons (Fsp3) is 0.400. The summed E-state index contributed by atoms with van der Waals surface area (Å²) in [6.45, 7) is 1.57. The lowest BCUT2D eigenvalue weighted by molar-refractivity contribution is -0.134. The lowest BCUT2D eigenvalue weighted by Crippen LogP contribution is -2.57. The molecule has 4 rings (SSSR count). The van der Waals surface area contributed by atoms with Crippen LogP contribution in [0.1, 0.15) is 24.1 Å². The first kappa shape index (κ1) is 18.5. The lowest BCUT2D eigenvalue weighted by atomic mass is 9.74. The number of piperidine rings is 1. The molecule has 28 heavy (non-hydrogen) atoms. The number of carbonyl (C=O) groups is 2. The standard InChI is InChI=1S/C20H22FN5O2/c21-17-4-2-1-3-14(17)11-20(15-5-7-22-8-6-15)18(27)26(19(28)25-20)13-16-12-23-9-10-24-16/h1-4,9-10,12,15,22H,5-8,11,13H2,(H,25,28). The molecule has 2 aromatic rings. The van der Waals surface area contributed by atoms with E-state index in [1.54, 1.807) is 18.2 Å². The number of imide groups is 1. The van der Waals surface area contributed by atoms with E-state index in [0.717, 1.165) is 25.9 Å². The molecule has 7 nitrogen and oxygen atoms in total. The molecule has 1 unspecified atom stereocenters. The van der Waals surface area contributed by atoms with E-state index in [1.807, 2.05) is 0 Å². The van der Waals surface area contributed by atoms with Gasteiger partial charge in [-0.1, -0.05) is 18.2 Å². The van der Waals surface area contributed by atoms with Crippen LogP contribution in [0, 0.1) is 11.7 Å². The Balaban J connectivity index is 1.68. The van der Waals surface area contributed by atoms with Gasteiger partial charge in [0.05, 0.1) is 18.4 Å². The van der Waals surface area contributed by atoms with Crippen molar-refractivity contribution in [3.63, 3.8) is 0 Å². The van der Waals surface area contributed by atoms with Gasteiger partial charge in [-0.15, -0.1) is 0 Å². The minimum absolute atomic E-state index is 0.0441. The van der Waals surface area contributed by atoms with Crippen LogP contribution in [0.4, 0.5) is 9.18 Å². The summed E-state index contributed by atoms with van der Waals surface area (Å²) in [5.74, 6) is -0.764. The van der Waals surface area contributed by atoms with E-state index in [2.05, 4.69) is 20.6 Å². The predicted octanol–water partition coefficient (Wildman–Crippen LogP) is 1.65. The number of nitrogens with one attached hydrogen (secondary N) is 2. The van der Waals surface area contributed by atoms with Crippen molar-refractivity contribution >= 4 is 11.9 Å². The van der Waals surface area contributed by atoms with Gasteiger partial charge in [0, 0.05) is 18.8 Å². The van der Waals surface area contributed by atoms with Crippen molar-refractivity contribution in [1.29, 1.82) is 0 Å². The van der Waals surface area contributed by atoms with Gasteiger partial charge in [0.25, 0.3) is 5.91 Å². The van der Waals surface area contributed by atoms with Gasteiger partial charge in [0.15, 0.2) is 0 Å². The van der Waals surface area contributed by atoms with Crippen molar-refractivity contribution in [1.82, 2.24) is 25.5 Å². The smallest absolute Gasteiger partial charge is 0.322 e. The molecule has 1 aromatic heterocycles. The van der Waals surface area contributed by atoms with Crippen molar-refractivity contribution in [2.45, 2.75) is 31.3 Å². The molecule has 1 atom stereocenters. The number of amides is 3. The topological polar surface area (TPSA) is 87.2 Å². The minimum atomic E-state index is -1.15. The number of carbonyl (C=O) groups excluding carboxylic acids is 2. The van der Waals surface area contributed by atoms with E-state index in [4.69, 9.17) is 0 Å². The molecule has 0 aliphatic carbocycles. The van der Waals surface area contributed by atoms with E-state index >= 15 is 0 Å². The highest BCUT2D eigenvalue weighted by atomic mass is 19.1. The molecular weight excluding hydrogens is 361 g/mol. The summed E-state index contributed by atoms with van der Waals surface area (Å²) < 4.78 is 14.4. The van der Waals surface area contributed by atoms with Crippen LogP contribution in [0.25, 0.3) is 0 Å². The molecule has 0 radical (unpaired) electrons. The van der Waals surface area contributed by atoms with Crippen LogP contribution in [0.15, 0.2) is 42.9 Å². The van der Waals surface area contributed by atoms with Gasteiger partial charge in [-0.3, -0.25) is 19.7 Å². The summed E-state index contributed by atoms with van der Waals surface area (Å²) >= 11 is 0. The monoisotopic (exact) mass is 383 g/mol. The van der Waals surface area contributed by atoms with Crippen LogP contribution in [-0.4, -0.2) is 45.4 Å². The Morgan fingerprint density at radius 1 is 1.18 bits per heavy atom. The molecule has 146 valence electrons. The van der Waals surface area contributed by atoms with E-state index < -0.39 is 11.6 Å². The zero-order valence-electron chi connectivity index (χ0n) is 15.4. The van der Waals surface area contributed by atoms with Crippen molar-refractivity contribution in [3.05, 3.63) is 59.9 Å². The Hall–Kier alpha value is -2.87. The third kappa shape index (κ3) is 3.35. The number of rotatable bonds is 5. The Bertz CT molecular complexity index is 872. The highest BCUT2D eigenvalue weighted by Crippen LogP contribution is 2.36. The molecule has 2 saturated heterocycles. The first-order chi connectivity index (χ1) is 13.6. The second kappa shape index (κ2) is 7.63. The zero-order chi connectivity index (χ0) is 19.6. The molecule has 2 aliphatic rings. The highest BCUT2D eigenvalue weighted by Gasteiger charge is 2.55. The van der Waals surface area contributed by atoms with E-state index in [9.17, 15) is 14.0 Å². The molecule has 0 bridgehead atoms. The number of benzene rings is 1. The number of aromatic nitrogens is 2. The maximum Gasteiger partial charge on any atom is 0.325 e. The predicted molar refractivity (Wildman–Crippen MR) is 99.5 cm³/mol. The third-order valence-electron chi connectivity index (χ3n) is 5.60. The van der Waals surface area contributed by atoms with Crippen molar-refractivity contribution in [2.75, 3.05) is 13.1 Å². The first-order valence-electron chi connectivity index (χ1n) is 9.43. The second-order valence-electron chi connectivity index (χ2n) is 7.28. The van der Waals surface area contributed by atoms with Gasteiger partial charge in [0.2, 0.25) is 0 Å². The summed E-state index contributed by atoms with van der Waals surface area (Å²) in [4.78, 5) is 35.6. The summed E-state index contributed by atoms with van der Waals surface area (Å²) in [6.07, 6.45) is 6.19. The van der Waals surface area contributed by atoms with Crippen LogP contribution in [0.3, 0.4) is 0 Å². The van der Waals surface area contributed by atoms with Crippen LogP contribution in [0.5, 0.6) is 0 Å². The maximum absolute atomic E-state index is 14.4. The Morgan fingerprint density at radius 3 is 2.68 bits per heavy atom. The summed E-state index contributed by atoms with van der Waals surface area (Å²) in [6, 6.07) is 5.94. The number of hydrogen-bond donors (Lipinski definition) is 2. The largest absolute Gasteiger partial charge is 0.325 e. The molecule has 2 fully saturated rings. The second-order valence-corrected chi connectivity index (χ2v) is 7.28. The van der Waals surface area contributed by atoms with Crippen molar-refractivity contribution < 1.29 is 14.0 Å². The van der Waals surface area contributed by atoms with E-state index in [0.29, 0.717) is 11.3 Å². The Kier molecular flexibility index (Phi) is 5.04. The van der Waals surface area contributed by atoms with Gasteiger partial charge in [-0.05, 0) is 43.5 Å². The van der Waals surface area contributed by atoms with Gasteiger partial charge in [-0.25, -0.2) is 9.18 Å². The summed E-state index contributed by atoms with van der Waals surface area (Å²) in [7, 11) is 0. The molecule has 8 heteroatoms. The molecule has 0 spiro atoms. The third-order valence-corrected chi connectivity index (χ3v) is 5.60. The zero-order valence-corrected chi connectivity index (χ0v) is 15.4. The number of nitrogens with zero attached hydrogens (tertiary/aromatic N) is 3. The van der Waals surface area contributed by atoms with Crippen LogP contribution >= 0.6 is 0 Å². The fourth-order valence-electron chi connectivity index (χ4n) is 4.16. The van der Waals surface area contributed by atoms with Gasteiger partial charge in [0.1, 0.15) is 11.4 Å². The molecular formula is C20H22FN5O2. The van der Waals surface area contributed by atoms with Crippen LogP contribution in [-0.2, 0) is 17.8 Å². The molecule has 2 aliphatic heterocycles. The maximum atomic E-state index is 14.4. The number of hydrogen-bond acceptors (Lipinski definition) is 5. The van der Waals surface area contributed by atoms with Crippen LogP contribution in [0.2, 0.25) is 0 Å².